The van der Waals surface area contributed by atoms with Crippen molar-refractivity contribution < 1.29 is 0 Å². The molecule has 0 amide bonds. The van der Waals surface area contributed by atoms with Crippen LogP contribution in [0, 0.1) is 17.8 Å². The van der Waals surface area contributed by atoms with Crippen LogP contribution in [0.4, 0.5) is 0 Å². The Bertz CT molecular complexity index is 176. The van der Waals surface area contributed by atoms with Gasteiger partial charge in [-0.3, -0.25) is 0 Å². The van der Waals surface area contributed by atoms with Crippen LogP contribution in [-0.4, -0.2) is 0 Å². The van der Waals surface area contributed by atoms with Crippen LogP contribution in [0.5, 0.6) is 0 Å². The first kappa shape index (κ1) is 12.5. The van der Waals surface area contributed by atoms with E-state index in [0.717, 1.165) is 17.8 Å². The molecule has 2 atom stereocenters. The molecule has 0 N–H and O–H groups in total. The van der Waals surface area contributed by atoms with E-state index < -0.39 is 0 Å². The van der Waals surface area contributed by atoms with E-state index >= 15 is 0 Å². The average Bonchev–Trinajstić information content (AvgIpc) is 2.43. The van der Waals surface area contributed by atoms with Crippen molar-refractivity contribution in [3.8, 4) is 0 Å². The fourth-order valence-electron chi connectivity index (χ4n) is 4.14. The molecule has 2 aliphatic rings. The molecule has 2 aliphatic carbocycles. The Hall–Kier alpha value is 0. The van der Waals surface area contributed by atoms with Gasteiger partial charge < -0.3 is 0 Å². The number of rotatable bonds is 1. The lowest BCUT2D eigenvalue weighted by molar-refractivity contribution is 0.188. The quantitative estimate of drug-likeness (QED) is 0.509. The third-order valence-electron chi connectivity index (χ3n) is 5.18. The number of hydrogen-bond donors (Lipinski definition) is 0. The summed E-state index contributed by atoms with van der Waals surface area (Å²) in [5, 5.41) is 0. The molecule has 0 nitrogen and oxygen atoms in total. The molecule has 2 rings (SSSR count). The first-order valence-electron chi connectivity index (χ1n) is 7.88. The van der Waals surface area contributed by atoms with Crippen LogP contribution >= 0.6 is 0 Å². The van der Waals surface area contributed by atoms with Gasteiger partial charge in [0.25, 0.3) is 0 Å². The Morgan fingerprint density at radius 3 is 1.81 bits per heavy atom. The SMILES string of the molecule is CC1CCCCCC1C1CCCCCCC1. The van der Waals surface area contributed by atoms with Crippen LogP contribution in [0.15, 0.2) is 0 Å². The predicted molar refractivity (Wildman–Crippen MR) is 71.5 cm³/mol. The highest BCUT2D eigenvalue weighted by atomic mass is 14.3. The van der Waals surface area contributed by atoms with Gasteiger partial charge in [-0.25, -0.2) is 0 Å². The summed E-state index contributed by atoms with van der Waals surface area (Å²) in [6.07, 6.45) is 18.3. The maximum absolute atomic E-state index is 2.54. The van der Waals surface area contributed by atoms with E-state index in [4.69, 9.17) is 0 Å². The smallest absolute Gasteiger partial charge is 0.0360 e. The van der Waals surface area contributed by atoms with E-state index in [1.807, 2.05) is 0 Å². The van der Waals surface area contributed by atoms with E-state index in [-0.39, 0.29) is 0 Å². The van der Waals surface area contributed by atoms with E-state index in [1.165, 1.54) is 57.8 Å². The van der Waals surface area contributed by atoms with Crippen LogP contribution in [0.3, 0.4) is 0 Å². The summed E-state index contributed by atoms with van der Waals surface area (Å²) in [5.74, 6) is 3.20. The minimum Gasteiger partial charge on any atom is -0.0622 e. The van der Waals surface area contributed by atoms with Crippen molar-refractivity contribution in [2.24, 2.45) is 17.8 Å². The zero-order chi connectivity index (χ0) is 11.2. The molecule has 0 radical (unpaired) electrons. The molecular weight excluding hydrogens is 192 g/mol. The summed E-state index contributed by atoms with van der Waals surface area (Å²) >= 11 is 0. The van der Waals surface area contributed by atoms with Gasteiger partial charge in [0.2, 0.25) is 0 Å². The minimum atomic E-state index is 1.02. The molecule has 2 saturated carbocycles. The second-order valence-electron chi connectivity index (χ2n) is 6.38. The fourth-order valence-corrected chi connectivity index (χ4v) is 4.14. The van der Waals surface area contributed by atoms with Gasteiger partial charge in [-0.05, 0) is 24.2 Å². The number of hydrogen-bond acceptors (Lipinski definition) is 0. The highest BCUT2D eigenvalue weighted by Gasteiger charge is 2.27. The molecule has 0 heteroatoms. The Morgan fingerprint density at radius 1 is 0.562 bits per heavy atom. The van der Waals surface area contributed by atoms with Gasteiger partial charge in [0.05, 0.1) is 0 Å². The van der Waals surface area contributed by atoms with Crippen molar-refractivity contribution in [3.05, 3.63) is 0 Å². The molecule has 0 aromatic carbocycles. The molecule has 0 aromatic heterocycles. The topological polar surface area (TPSA) is 0 Å². The largest absolute Gasteiger partial charge is 0.0622 e. The van der Waals surface area contributed by atoms with Crippen LogP contribution in [0.1, 0.15) is 84.0 Å². The summed E-state index contributed by atoms with van der Waals surface area (Å²) in [7, 11) is 0. The van der Waals surface area contributed by atoms with Crippen LogP contribution in [-0.2, 0) is 0 Å². The molecule has 16 heavy (non-hydrogen) atoms. The zero-order valence-electron chi connectivity index (χ0n) is 11.2. The summed E-state index contributed by atoms with van der Waals surface area (Å²) in [6, 6.07) is 0. The lowest BCUT2D eigenvalue weighted by Crippen LogP contribution is -2.22. The first-order chi connectivity index (χ1) is 7.88. The lowest BCUT2D eigenvalue weighted by Gasteiger charge is -2.32. The third-order valence-corrected chi connectivity index (χ3v) is 5.18. The Balaban J connectivity index is 1.90. The average molecular weight is 222 g/mol. The second-order valence-corrected chi connectivity index (χ2v) is 6.38. The van der Waals surface area contributed by atoms with Gasteiger partial charge in [0.1, 0.15) is 0 Å². The zero-order valence-corrected chi connectivity index (χ0v) is 11.2. The molecule has 0 aromatic rings. The molecule has 2 unspecified atom stereocenters. The van der Waals surface area contributed by atoms with Gasteiger partial charge in [0.15, 0.2) is 0 Å². The molecule has 0 aliphatic heterocycles. The van der Waals surface area contributed by atoms with Gasteiger partial charge in [-0.1, -0.05) is 77.6 Å². The third kappa shape index (κ3) is 3.50. The van der Waals surface area contributed by atoms with Gasteiger partial charge in [-0.2, -0.15) is 0 Å². The Kier molecular flexibility index (Phi) is 5.19. The molecule has 0 bridgehead atoms. The standard InChI is InChI=1S/C16H30/c1-14-10-6-5-9-13-16(14)15-11-7-3-2-4-8-12-15/h14-16H,2-13H2,1H3. The van der Waals surface area contributed by atoms with E-state index in [9.17, 15) is 0 Å². The van der Waals surface area contributed by atoms with Crippen molar-refractivity contribution in [3.63, 3.8) is 0 Å². The molecule has 2 fully saturated rings. The van der Waals surface area contributed by atoms with Crippen molar-refractivity contribution in [1.82, 2.24) is 0 Å². The van der Waals surface area contributed by atoms with Gasteiger partial charge in [0, 0.05) is 0 Å². The van der Waals surface area contributed by atoms with E-state index in [0.29, 0.717) is 0 Å². The highest BCUT2D eigenvalue weighted by molar-refractivity contribution is 4.78. The molecular formula is C16H30. The second kappa shape index (κ2) is 6.67. The fraction of sp³-hybridized carbons (Fsp3) is 1.00. The molecule has 94 valence electrons. The maximum atomic E-state index is 2.54. The molecule has 0 spiro atoms. The Labute approximate surface area is 102 Å². The Morgan fingerprint density at radius 2 is 1.06 bits per heavy atom. The summed E-state index contributed by atoms with van der Waals surface area (Å²) < 4.78 is 0. The monoisotopic (exact) mass is 222 g/mol. The van der Waals surface area contributed by atoms with E-state index in [2.05, 4.69) is 6.92 Å². The predicted octanol–water partition coefficient (Wildman–Crippen LogP) is 5.56. The highest BCUT2D eigenvalue weighted by Crippen LogP contribution is 2.39. The molecule has 0 heterocycles. The lowest BCUT2D eigenvalue weighted by atomic mass is 9.74. The van der Waals surface area contributed by atoms with Crippen LogP contribution in [0.25, 0.3) is 0 Å². The van der Waals surface area contributed by atoms with Gasteiger partial charge >= 0.3 is 0 Å². The minimum absolute atomic E-state index is 1.02. The van der Waals surface area contributed by atoms with E-state index in [1.54, 1.807) is 19.3 Å². The van der Waals surface area contributed by atoms with Crippen molar-refractivity contribution in [2.45, 2.75) is 84.0 Å². The van der Waals surface area contributed by atoms with Crippen LogP contribution < -0.4 is 0 Å². The van der Waals surface area contributed by atoms with Crippen molar-refractivity contribution >= 4 is 0 Å². The first-order valence-corrected chi connectivity index (χ1v) is 7.88. The summed E-state index contributed by atoms with van der Waals surface area (Å²) in [5.41, 5.74) is 0. The summed E-state index contributed by atoms with van der Waals surface area (Å²) in [6.45, 7) is 2.54. The van der Waals surface area contributed by atoms with Crippen molar-refractivity contribution in [1.29, 1.82) is 0 Å². The van der Waals surface area contributed by atoms with Crippen molar-refractivity contribution in [2.75, 3.05) is 0 Å². The van der Waals surface area contributed by atoms with Gasteiger partial charge in [-0.15, -0.1) is 0 Å². The van der Waals surface area contributed by atoms with Crippen LogP contribution in [0.2, 0.25) is 0 Å². The summed E-state index contributed by atoms with van der Waals surface area (Å²) in [4.78, 5) is 0. The maximum Gasteiger partial charge on any atom is -0.0360 e. The molecule has 0 saturated heterocycles. The normalized spacial score (nSPS) is 35.1.